The molecule has 0 saturated heterocycles. The van der Waals surface area contributed by atoms with Crippen molar-refractivity contribution >= 4 is 62.3 Å². The van der Waals surface area contributed by atoms with Crippen molar-refractivity contribution in [3.63, 3.8) is 0 Å². The topological polar surface area (TPSA) is 127 Å². The number of aromatic carboxylic acids is 1. The van der Waals surface area contributed by atoms with Gasteiger partial charge in [-0.3, -0.25) is 14.8 Å². The van der Waals surface area contributed by atoms with E-state index in [4.69, 9.17) is 23.2 Å². The summed E-state index contributed by atoms with van der Waals surface area (Å²) in [5.41, 5.74) is -1.49. The lowest BCUT2D eigenvalue weighted by Crippen LogP contribution is -2.16. The molecular weight excluding hydrogens is 518 g/mol. The van der Waals surface area contributed by atoms with Gasteiger partial charge in [0.15, 0.2) is 0 Å². The van der Waals surface area contributed by atoms with Crippen LogP contribution in [0, 0.1) is 22.9 Å². The van der Waals surface area contributed by atoms with Crippen molar-refractivity contribution in [2.45, 2.75) is 21.6 Å². The number of carboxylic acids is 1. The average Bonchev–Trinajstić information content (AvgIpc) is 2.72. The van der Waals surface area contributed by atoms with Crippen LogP contribution in [0.5, 0.6) is 0 Å². The normalized spacial score (nSPS) is 11.3. The maximum absolute atomic E-state index is 13.9. The number of sulfonamides is 1. The van der Waals surface area contributed by atoms with Crippen molar-refractivity contribution in [3.8, 4) is 0 Å². The predicted molar refractivity (Wildman–Crippen MR) is 123 cm³/mol. The molecule has 0 saturated carbocycles. The summed E-state index contributed by atoms with van der Waals surface area (Å²) in [5.74, 6) is -2.30. The zero-order chi connectivity index (χ0) is 24.5. The molecule has 3 rings (SSSR count). The molecular formula is C20H13Cl2FN2O6S2. The molecule has 0 unspecified atom stereocenters. The highest BCUT2D eigenvalue weighted by atomic mass is 35.5. The molecule has 0 radical (unpaired) electrons. The number of anilines is 1. The minimum atomic E-state index is -4.49. The highest BCUT2D eigenvalue weighted by Gasteiger charge is 2.24. The third-order valence-electron chi connectivity index (χ3n) is 4.33. The number of carbonyl (C=O) groups is 1. The van der Waals surface area contributed by atoms with E-state index in [1.807, 2.05) is 4.72 Å². The molecule has 0 atom stereocenters. The zero-order valence-corrected chi connectivity index (χ0v) is 19.6. The van der Waals surface area contributed by atoms with Gasteiger partial charge in [0.1, 0.15) is 5.82 Å². The van der Waals surface area contributed by atoms with E-state index in [-0.39, 0.29) is 15.5 Å². The van der Waals surface area contributed by atoms with Crippen LogP contribution in [0.2, 0.25) is 10.0 Å². The summed E-state index contributed by atoms with van der Waals surface area (Å²) in [7, 11) is -4.49. The minimum Gasteiger partial charge on any atom is -0.478 e. The lowest BCUT2D eigenvalue weighted by Gasteiger charge is -2.12. The Morgan fingerprint density at radius 2 is 1.82 bits per heavy atom. The van der Waals surface area contributed by atoms with Gasteiger partial charge in [0.25, 0.3) is 15.7 Å². The summed E-state index contributed by atoms with van der Waals surface area (Å²) >= 11 is 12.8. The third-order valence-corrected chi connectivity index (χ3v) is 7.49. The quantitative estimate of drug-likeness (QED) is 0.283. The number of benzene rings is 3. The van der Waals surface area contributed by atoms with E-state index >= 15 is 0 Å². The first-order valence-electron chi connectivity index (χ1n) is 8.86. The number of halogens is 3. The van der Waals surface area contributed by atoms with E-state index in [1.165, 1.54) is 25.1 Å². The van der Waals surface area contributed by atoms with Gasteiger partial charge in [-0.15, -0.1) is 0 Å². The standard InChI is InChI=1S/C20H13Cl2FN2O6S2/c1-10-6-13(20(26)27)17(9-16(10)23)24-33(30,31)12-3-5-19(18(8-12)25(28)29)32-11-2-4-14(21)15(22)7-11/h2-9,24H,1H3,(H,26,27). The monoisotopic (exact) mass is 530 g/mol. The van der Waals surface area contributed by atoms with Crippen LogP contribution in [0.4, 0.5) is 15.8 Å². The zero-order valence-electron chi connectivity index (χ0n) is 16.5. The molecule has 3 aromatic rings. The van der Waals surface area contributed by atoms with Gasteiger partial charge in [0, 0.05) is 11.0 Å². The third kappa shape index (κ3) is 5.56. The van der Waals surface area contributed by atoms with E-state index in [9.17, 15) is 32.8 Å². The van der Waals surface area contributed by atoms with E-state index in [1.54, 1.807) is 6.07 Å². The molecule has 2 N–H and O–H groups in total. The van der Waals surface area contributed by atoms with Crippen LogP contribution in [-0.4, -0.2) is 24.4 Å². The molecule has 3 aromatic carbocycles. The second-order valence-electron chi connectivity index (χ2n) is 6.62. The molecule has 0 aliphatic heterocycles. The van der Waals surface area contributed by atoms with E-state index < -0.39 is 48.6 Å². The molecule has 8 nitrogen and oxygen atoms in total. The van der Waals surface area contributed by atoms with Crippen LogP contribution in [0.15, 0.2) is 63.2 Å². The maximum atomic E-state index is 13.9. The molecule has 0 aromatic heterocycles. The number of nitrogens with zero attached hydrogens (tertiary/aromatic N) is 1. The Morgan fingerprint density at radius 1 is 1.12 bits per heavy atom. The molecule has 33 heavy (non-hydrogen) atoms. The maximum Gasteiger partial charge on any atom is 0.337 e. The Bertz CT molecular complexity index is 1400. The smallest absolute Gasteiger partial charge is 0.337 e. The molecule has 0 heterocycles. The second-order valence-corrected chi connectivity index (χ2v) is 10.2. The highest BCUT2D eigenvalue weighted by Crippen LogP contribution is 2.38. The Morgan fingerprint density at radius 3 is 2.42 bits per heavy atom. The largest absolute Gasteiger partial charge is 0.478 e. The number of hydrogen-bond acceptors (Lipinski definition) is 6. The molecule has 13 heteroatoms. The first-order valence-corrected chi connectivity index (χ1v) is 11.9. The van der Waals surface area contributed by atoms with Gasteiger partial charge in [-0.1, -0.05) is 35.0 Å². The molecule has 0 amide bonds. The van der Waals surface area contributed by atoms with Crippen molar-refractivity contribution < 1.29 is 27.6 Å². The van der Waals surface area contributed by atoms with Crippen molar-refractivity contribution in [1.82, 2.24) is 0 Å². The number of nitro groups is 1. The van der Waals surface area contributed by atoms with Crippen molar-refractivity contribution in [3.05, 3.63) is 85.6 Å². The van der Waals surface area contributed by atoms with Crippen LogP contribution in [-0.2, 0) is 10.0 Å². The minimum absolute atomic E-state index is 0.00895. The molecule has 0 spiro atoms. The van der Waals surface area contributed by atoms with Gasteiger partial charge in [0.2, 0.25) is 0 Å². The predicted octanol–water partition coefficient (Wildman–Crippen LogP) is 6.00. The number of hydrogen-bond donors (Lipinski definition) is 2. The lowest BCUT2D eigenvalue weighted by molar-refractivity contribution is -0.388. The molecule has 0 aliphatic carbocycles. The summed E-state index contributed by atoms with van der Waals surface area (Å²) in [6.07, 6.45) is 0. The molecule has 172 valence electrons. The van der Waals surface area contributed by atoms with Gasteiger partial charge in [0.05, 0.1) is 36.0 Å². The highest BCUT2D eigenvalue weighted by molar-refractivity contribution is 7.99. The van der Waals surface area contributed by atoms with Gasteiger partial charge in [-0.2, -0.15) is 0 Å². The Labute approximate surface area is 201 Å². The lowest BCUT2D eigenvalue weighted by atomic mass is 10.1. The fourth-order valence-corrected chi connectivity index (χ4v) is 5.10. The summed E-state index contributed by atoms with van der Waals surface area (Å²) in [4.78, 5) is 22.4. The Hall–Kier alpha value is -2.86. The van der Waals surface area contributed by atoms with Crippen molar-refractivity contribution in [2.75, 3.05) is 4.72 Å². The molecule has 0 bridgehead atoms. The summed E-state index contributed by atoms with van der Waals surface area (Å²) in [6, 6.07) is 9.49. The van der Waals surface area contributed by atoms with E-state index in [0.717, 1.165) is 36.0 Å². The van der Waals surface area contributed by atoms with Crippen LogP contribution in [0.1, 0.15) is 15.9 Å². The van der Waals surface area contributed by atoms with Gasteiger partial charge >= 0.3 is 5.97 Å². The van der Waals surface area contributed by atoms with Gasteiger partial charge < -0.3 is 5.11 Å². The fraction of sp³-hybridized carbons (Fsp3) is 0.0500. The van der Waals surface area contributed by atoms with Crippen molar-refractivity contribution in [2.24, 2.45) is 0 Å². The average molecular weight is 531 g/mol. The van der Waals surface area contributed by atoms with E-state index in [2.05, 4.69) is 0 Å². The number of aryl methyl sites for hydroxylation is 1. The van der Waals surface area contributed by atoms with Crippen molar-refractivity contribution in [1.29, 1.82) is 0 Å². The number of carboxylic acid groups (broad SMARTS) is 1. The van der Waals surface area contributed by atoms with Gasteiger partial charge in [-0.25, -0.2) is 17.6 Å². The van der Waals surface area contributed by atoms with E-state index in [0.29, 0.717) is 9.92 Å². The van der Waals surface area contributed by atoms with Crippen LogP contribution in [0.3, 0.4) is 0 Å². The molecule has 0 fully saturated rings. The first kappa shape index (κ1) is 24.8. The van der Waals surface area contributed by atoms with Gasteiger partial charge in [-0.05, 0) is 55.0 Å². The van der Waals surface area contributed by atoms with Crippen LogP contribution in [0.25, 0.3) is 0 Å². The second kappa shape index (κ2) is 9.56. The SMILES string of the molecule is Cc1cc(C(=O)O)c(NS(=O)(=O)c2ccc(Sc3ccc(Cl)c(Cl)c3)c([N+](=O)[O-])c2)cc1F. The fourth-order valence-electron chi connectivity index (χ4n) is 2.71. The molecule has 0 aliphatic rings. The first-order chi connectivity index (χ1) is 15.4. The Balaban J connectivity index is 2.00. The summed E-state index contributed by atoms with van der Waals surface area (Å²) < 4.78 is 41.6. The number of rotatable bonds is 7. The van der Waals surface area contributed by atoms with Crippen LogP contribution < -0.4 is 4.72 Å². The summed E-state index contributed by atoms with van der Waals surface area (Å²) in [6.45, 7) is 1.33. The number of nitrogens with one attached hydrogen (secondary N) is 1. The van der Waals surface area contributed by atoms with Crippen LogP contribution >= 0.6 is 35.0 Å². The number of nitro benzene ring substituents is 1. The Kier molecular flexibility index (Phi) is 7.17. The summed E-state index contributed by atoms with van der Waals surface area (Å²) in [5, 5.41) is 21.5.